The summed E-state index contributed by atoms with van der Waals surface area (Å²) in [5.41, 5.74) is 1.69. The number of benzene rings is 3. The Bertz CT molecular complexity index is 1280. The maximum atomic E-state index is 12.3. The molecule has 1 unspecified atom stereocenters. The Kier molecular flexibility index (Phi) is 4.71. The number of carbonyl (C=O) groups is 1. The number of carbonyl (C=O) groups excluding carboxylic acids is 1. The van der Waals surface area contributed by atoms with Crippen LogP contribution in [0.1, 0.15) is 40.7 Å². The van der Waals surface area contributed by atoms with E-state index >= 15 is 0 Å². The summed E-state index contributed by atoms with van der Waals surface area (Å²) in [5.74, 6) is -2.43. The van der Waals surface area contributed by atoms with Crippen LogP contribution >= 0.6 is 0 Å². The molecule has 5 rings (SSSR count). The maximum Gasteiger partial charge on any atom is 0.312 e. The quantitative estimate of drug-likeness (QED) is 0.195. The third-order valence-electron chi connectivity index (χ3n) is 6.04. The highest BCUT2D eigenvalue weighted by Gasteiger charge is 2.40. The Morgan fingerprint density at radius 2 is 1.39 bits per heavy atom. The lowest BCUT2D eigenvalue weighted by atomic mass is 9.82. The van der Waals surface area contributed by atoms with Gasteiger partial charge in [-0.15, -0.1) is 0 Å². The lowest BCUT2D eigenvalue weighted by Crippen LogP contribution is -2.32. The van der Waals surface area contributed by atoms with Crippen LogP contribution in [0.3, 0.4) is 0 Å². The standard InChI is InChI=1S/C24H20O9/c25-14-3-1-10(5-17(14)28)12-8-21(31)32-20-9-16(27)13-7-19(30)23(33-24(13)22(12)20)11-2-4-15(26)18(29)6-11/h1-6,9,12,19,23,25-30H,7-8H2/t12?,19-,23+/m0/s1. The molecule has 0 saturated heterocycles. The fourth-order valence-corrected chi connectivity index (χ4v) is 4.43. The van der Waals surface area contributed by atoms with Gasteiger partial charge in [-0.05, 0) is 35.4 Å². The summed E-state index contributed by atoms with van der Waals surface area (Å²) in [6.45, 7) is 0. The summed E-state index contributed by atoms with van der Waals surface area (Å²) in [6, 6.07) is 9.56. The van der Waals surface area contributed by atoms with Gasteiger partial charge in [-0.2, -0.15) is 0 Å². The van der Waals surface area contributed by atoms with Crippen molar-refractivity contribution in [3.8, 4) is 40.2 Å². The normalized spacial score (nSPS) is 21.5. The number of rotatable bonds is 2. The number of phenols is 5. The van der Waals surface area contributed by atoms with Crippen molar-refractivity contribution in [1.82, 2.24) is 0 Å². The monoisotopic (exact) mass is 452 g/mol. The van der Waals surface area contributed by atoms with Crippen LogP contribution in [-0.2, 0) is 11.2 Å². The van der Waals surface area contributed by atoms with E-state index in [1.54, 1.807) is 6.07 Å². The number of fused-ring (bicyclic) bond motifs is 3. The molecule has 0 aliphatic carbocycles. The number of aromatic hydroxyl groups is 5. The first-order valence-electron chi connectivity index (χ1n) is 10.2. The largest absolute Gasteiger partial charge is 0.507 e. The summed E-state index contributed by atoms with van der Waals surface area (Å²) in [6.07, 6.45) is -2.08. The van der Waals surface area contributed by atoms with Gasteiger partial charge in [-0.3, -0.25) is 4.79 Å². The van der Waals surface area contributed by atoms with E-state index in [4.69, 9.17) is 9.47 Å². The van der Waals surface area contributed by atoms with Gasteiger partial charge in [0.15, 0.2) is 23.0 Å². The molecule has 0 amide bonds. The van der Waals surface area contributed by atoms with E-state index in [0.717, 1.165) is 0 Å². The Labute approximate surface area is 187 Å². The van der Waals surface area contributed by atoms with E-state index in [0.29, 0.717) is 22.3 Å². The number of aliphatic hydroxyl groups is 1. The summed E-state index contributed by atoms with van der Waals surface area (Å²) in [7, 11) is 0. The van der Waals surface area contributed by atoms with Crippen LogP contribution in [0.5, 0.6) is 40.2 Å². The molecule has 3 aromatic carbocycles. The van der Waals surface area contributed by atoms with Gasteiger partial charge in [-0.25, -0.2) is 0 Å². The fourth-order valence-electron chi connectivity index (χ4n) is 4.43. The zero-order valence-electron chi connectivity index (χ0n) is 17.1. The molecule has 9 heteroatoms. The molecule has 170 valence electrons. The Balaban J connectivity index is 1.66. The minimum absolute atomic E-state index is 0.0161. The molecule has 0 fully saturated rings. The minimum atomic E-state index is -1.08. The molecule has 6 N–H and O–H groups in total. The van der Waals surface area contributed by atoms with E-state index in [9.17, 15) is 35.4 Å². The molecular weight excluding hydrogens is 432 g/mol. The molecule has 0 bridgehead atoms. The second-order valence-electron chi connectivity index (χ2n) is 8.15. The first kappa shape index (κ1) is 20.8. The van der Waals surface area contributed by atoms with Crippen molar-refractivity contribution in [2.45, 2.75) is 31.0 Å². The zero-order chi connectivity index (χ0) is 23.4. The predicted molar refractivity (Wildman–Crippen MR) is 113 cm³/mol. The van der Waals surface area contributed by atoms with Crippen molar-refractivity contribution in [3.63, 3.8) is 0 Å². The molecule has 0 spiro atoms. The first-order chi connectivity index (χ1) is 15.7. The van der Waals surface area contributed by atoms with Gasteiger partial charge < -0.3 is 40.1 Å². The molecule has 0 saturated carbocycles. The van der Waals surface area contributed by atoms with Gasteiger partial charge in [0.25, 0.3) is 0 Å². The highest BCUT2D eigenvalue weighted by atomic mass is 16.5. The van der Waals surface area contributed by atoms with E-state index < -0.39 is 24.1 Å². The average Bonchev–Trinajstić information content (AvgIpc) is 2.77. The van der Waals surface area contributed by atoms with Crippen LogP contribution in [-0.4, -0.2) is 42.7 Å². The van der Waals surface area contributed by atoms with E-state index in [1.165, 1.54) is 36.4 Å². The molecule has 2 aliphatic heterocycles. The summed E-state index contributed by atoms with van der Waals surface area (Å²) in [4.78, 5) is 12.3. The lowest BCUT2D eigenvalue weighted by Gasteiger charge is -2.36. The SMILES string of the molecule is O=C1CC(c2ccc(O)c(O)c2)c2c(cc(O)c3c2O[C@H](c2ccc(O)c(O)c2)[C@@H](O)C3)O1. The summed E-state index contributed by atoms with van der Waals surface area (Å²) < 4.78 is 11.5. The van der Waals surface area contributed by atoms with Gasteiger partial charge in [0.2, 0.25) is 0 Å². The van der Waals surface area contributed by atoms with Crippen LogP contribution in [0.25, 0.3) is 0 Å². The van der Waals surface area contributed by atoms with Crippen LogP contribution in [0.15, 0.2) is 42.5 Å². The van der Waals surface area contributed by atoms with Crippen LogP contribution in [0.2, 0.25) is 0 Å². The van der Waals surface area contributed by atoms with Crippen LogP contribution in [0, 0.1) is 0 Å². The molecule has 3 aromatic rings. The number of hydrogen-bond donors (Lipinski definition) is 6. The van der Waals surface area contributed by atoms with E-state index in [1.807, 2.05) is 0 Å². The highest BCUT2D eigenvalue weighted by molar-refractivity contribution is 5.80. The topological polar surface area (TPSA) is 157 Å². The molecule has 2 aliphatic rings. The first-order valence-corrected chi connectivity index (χ1v) is 10.2. The van der Waals surface area contributed by atoms with Crippen molar-refractivity contribution < 1.29 is 44.9 Å². The van der Waals surface area contributed by atoms with E-state index in [-0.39, 0.29) is 53.1 Å². The minimum Gasteiger partial charge on any atom is -0.507 e. The zero-order valence-corrected chi connectivity index (χ0v) is 17.1. The molecule has 3 atom stereocenters. The number of hydrogen-bond acceptors (Lipinski definition) is 9. The molecule has 33 heavy (non-hydrogen) atoms. The van der Waals surface area contributed by atoms with Crippen molar-refractivity contribution >= 4 is 5.97 Å². The second kappa shape index (κ2) is 7.49. The van der Waals surface area contributed by atoms with Crippen molar-refractivity contribution in [3.05, 3.63) is 64.7 Å². The molecular formula is C24H20O9. The van der Waals surface area contributed by atoms with Gasteiger partial charge in [0, 0.05) is 29.5 Å². The van der Waals surface area contributed by atoms with Crippen molar-refractivity contribution in [2.75, 3.05) is 0 Å². The summed E-state index contributed by atoms with van der Waals surface area (Å²) in [5, 5.41) is 60.5. The van der Waals surface area contributed by atoms with Gasteiger partial charge in [-0.1, -0.05) is 12.1 Å². The van der Waals surface area contributed by atoms with Crippen molar-refractivity contribution in [2.24, 2.45) is 0 Å². The maximum absolute atomic E-state index is 12.3. The van der Waals surface area contributed by atoms with Crippen LogP contribution in [0.4, 0.5) is 0 Å². The van der Waals surface area contributed by atoms with Gasteiger partial charge in [0.05, 0.1) is 12.5 Å². The lowest BCUT2D eigenvalue weighted by molar-refractivity contribution is -0.135. The average molecular weight is 452 g/mol. The Morgan fingerprint density at radius 3 is 2.06 bits per heavy atom. The Hall–Kier alpha value is -4.11. The molecule has 9 nitrogen and oxygen atoms in total. The molecule has 2 heterocycles. The summed E-state index contributed by atoms with van der Waals surface area (Å²) >= 11 is 0. The van der Waals surface area contributed by atoms with E-state index in [2.05, 4.69) is 0 Å². The third kappa shape index (κ3) is 3.42. The Morgan fingerprint density at radius 1 is 0.758 bits per heavy atom. The number of esters is 1. The smallest absolute Gasteiger partial charge is 0.312 e. The number of ether oxygens (including phenoxy) is 2. The second-order valence-corrected chi connectivity index (χ2v) is 8.15. The number of phenolic OH excluding ortho intramolecular Hbond substituents is 5. The van der Waals surface area contributed by atoms with Gasteiger partial charge >= 0.3 is 5.97 Å². The van der Waals surface area contributed by atoms with Crippen molar-refractivity contribution in [1.29, 1.82) is 0 Å². The van der Waals surface area contributed by atoms with Crippen LogP contribution < -0.4 is 9.47 Å². The molecule has 0 radical (unpaired) electrons. The predicted octanol–water partition coefficient (Wildman–Crippen LogP) is 2.69. The molecule has 0 aromatic heterocycles. The fraction of sp³-hybridized carbons (Fsp3) is 0.208. The number of aliphatic hydroxyl groups excluding tert-OH is 1. The third-order valence-corrected chi connectivity index (χ3v) is 6.04. The van der Waals surface area contributed by atoms with Gasteiger partial charge in [0.1, 0.15) is 23.4 Å². The highest BCUT2D eigenvalue weighted by Crippen LogP contribution is 2.52.